The monoisotopic (exact) mass is 535 g/mol. The van der Waals surface area contributed by atoms with E-state index in [1.807, 2.05) is 0 Å². The molecule has 3 amide bonds. The van der Waals surface area contributed by atoms with Gasteiger partial charge in [-0.1, -0.05) is 29.8 Å². The second-order valence-electron chi connectivity index (χ2n) is 9.46. The summed E-state index contributed by atoms with van der Waals surface area (Å²) in [7, 11) is 1.51. The van der Waals surface area contributed by atoms with Crippen LogP contribution in [0.2, 0.25) is 5.02 Å². The summed E-state index contributed by atoms with van der Waals surface area (Å²) in [6.07, 6.45) is -1.01. The van der Waals surface area contributed by atoms with Crippen LogP contribution in [0.25, 0.3) is 0 Å². The molecule has 37 heavy (non-hydrogen) atoms. The second-order valence-corrected chi connectivity index (χ2v) is 9.90. The van der Waals surface area contributed by atoms with Crippen molar-refractivity contribution in [1.29, 1.82) is 0 Å². The lowest BCUT2D eigenvalue weighted by molar-refractivity contribution is -0.129. The van der Waals surface area contributed by atoms with E-state index in [4.69, 9.17) is 25.8 Å². The molecule has 0 bridgehead atoms. The van der Waals surface area contributed by atoms with Gasteiger partial charge in [0.2, 0.25) is 5.91 Å². The number of anilines is 1. The van der Waals surface area contributed by atoms with Gasteiger partial charge in [-0.05, 0) is 44.5 Å². The van der Waals surface area contributed by atoms with Gasteiger partial charge in [0, 0.05) is 31.2 Å². The number of fused-ring (bicyclic) bond motifs is 1. The van der Waals surface area contributed by atoms with Gasteiger partial charge in [0.25, 0.3) is 5.91 Å². The normalized spacial score (nSPS) is 16.2. The minimum atomic E-state index is -1.23. The maximum atomic E-state index is 14.4. The summed E-state index contributed by atoms with van der Waals surface area (Å²) in [4.78, 5) is 40.7. The van der Waals surface area contributed by atoms with Crippen LogP contribution in [-0.2, 0) is 25.5 Å². The molecular formula is C26H31ClFN3O6. The zero-order valence-electron chi connectivity index (χ0n) is 21.2. The van der Waals surface area contributed by atoms with Gasteiger partial charge >= 0.3 is 6.09 Å². The highest BCUT2D eigenvalue weighted by Gasteiger charge is 2.35. The first-order valence-corrected chi connectivity index (χ1v) is 12.1. The Kier molecular flexibility index (Phi) is 9.34. The third kappa shape index (κ3) is 7.80. The largest absolute Gasteiger partial charge is 0.489 e. The van der Waals surface area contributed by atoms with Crippen LogP contribution in [-0.4, -0.2) is 62.5 Å². The zero-order valence-corrected chi connectivity index (χ0v) is 21.9. The van der Waals surface area contributed by atoms with Crippen molar-refractivity contribution >= 4 is 35.2 Å². The summed E-state index contributed by atoms with van der Waals surface area (Å²) in [5.41, 5.74) is -0.118. The van der Waals surface area contributed by atoms with Gasteiger partial charge < -0.3 is 29.7 Å². The first-order valence-electron chi connectivity index (χ1n) is 11.7. The Morgan fingerprint density at radius 1 is 1.24 bits per heavy atom. The Bertz CT molecular complexity index is 1140. The molecule has 1 aliphatic heterocycles. The number of alkyl carbamates (subject to hydrolysis) is 1. The number of benzene rings is 2. The van der Waals surface area contributed by atoms with E-state index in [9.17, 15) is 18.8 Å². The molecule has 0 unspecified atom stereocenters. The van der Waals surface area contributed by atoms with Gasteiger partial charge in [-0.3, -0.25) is 9.59 Å². The minimum Gasteiger partial charge on any atom is -0.489 e. The van der Waals surface area contributed by atoms with E-state index in [-0.39, 0.29) is 31.7 Å². The fourth-order valence-electron chi connectivity index (χ4n) is 3.71. The lowest BCUT2D eigenvalue weighted by Gasteiger charge is -2.27. The topological polar surface area (TPSA) is 106 Å². The number of nitrogens with zero attached hydrogens (tertiary/aromatic N) is 1. The summed E-state index contributed by atoms with van der Waals surface area (Å²) in [6, 6.07) is 8.46. The van der Waals surface area contributed by atoms with Crippen molar-refractivity contribution in [2.24, 2.45) is 0 Å². The van der Waals surface area contributed by atoms with Gasteiger partial charge in [-0.15, -0.1) is 0 Å². The maximum Gasteiger partial charge on any atom is 0.408 e. The fourth-order valence-corrected chi connectivity index (χ4v) is 3.87. The molecule has 0 radical (unpaired) electrons. The van der Waals surface area contributed by atoms with Crippen LogP contribution < -0.4 is 20.3 Å². The Balaban J connectivity index is 1.84. The predicted molar refractivity (Wildman–Crippen MR) is 136 cm³/mol. The fraction of sp³-hybridized carbons (Fsp3) is 0.423. The molecular weight excluding hydrogens is 505 g/mol. The summed E-state index contributed by atoms with van der Waals surface area (Å²) < 4.78 is 30.6. The first-order chi connectivity index (χ1) is 17.5. The predicted octanol–water partition coefficient (Wildman–Crippen LogP) is 3.47. The van der Waals surface area contributed by atoms with Crippen molar-refractivity contribution in [2.45, 2.75) is 44.9 Å². The van der Waals surface area contributed by atoms with E-state index in [2.05, 4.69) is 10.6 Å². The highest BCUT2D eigenvalue weighted by atomic mass is 35.5. The molecule has 2 atom stereocenters. The molecule has 1 heterocycles. The first kappa shape index (κ1) is 28.2. The number of amides is 3. The molecule has 3 rings (SSSR count). The van der Waals surface area contributed by atoms with Crippen molar-refractivity contribution in [1.82, 2.24) is 10.6 Å². The number of methoxy groups -OCH3 is 1. The molecule has 0 saturated heterocycles. The Hall–Kier alpha value is -3.37. The number of hydrogen-bond acceptors (Lipinski definition) is 6. The summed E-state index contributed by atoms with van der Waals surface area (Å²) in [5.74, 6) is -1.29. The van der Waals surface area contributed by atoms with Crippen LogP contribution in [0, 0.1) is 5.82 Å². The number of halogens is 2. The minimum absolute atomic E-state index is 0.164. The molecule has 11 heteroatoms. The number of nitrogens with one attached hydrogen (secondary N) is 2. The van der Waals surface area contributed by atoms with Crippen molar-refractivity contribution in [3.05, 3.63) is 58.9 Å². The molecule has 2 N–H and O–H groups in total. The average molecular weight is 536 g/mol. The molecule has 1 aliphatic rings. The molecule has 0 spiro atoms. The number of carbonyl (C=O) groups is 3. The summed E-state index contributed by atoms with van der Waals surface area (Å²) >= 11 is 6.10. The van der Waals surface area contributed by atoms with Crippen LogP contribution in [0.4, 0.5) is 14.9 Å². The molecule has 0 saturated carbocycles. The molecule has 0 fully saturated rings. The lowest BCUT2D eigenvalue weighted by atomic mass is 10.0. The molecule has 0 aromatic heterocycles. The van der Waals surface area contributed by atoms with Crippen molar-refractivity contribution in [3.8, 4) is 5.75 Å². The van der Waals surface area contributed by atoms with E-state index in [0.717, 1.165) is 0 Å². The Morgan fingerprint density at radius 2 is 1.97 bits per heavy atom. The Morgan fingerprint density at radius 3 is 2.65 bits per heavy atom. The number of hydrogen-bond donors (Lipinski definition) is 2. The van der Waals surface area contributed by atoms with Crippen LogP contribution in [0.5, 0.6) is 5.75 Å². The van der Waals surface area contributed by atoms with Crippen molar-refractivity contribution in [2.75, 3.05) is 31.8 Å². The van der Waals surface area contributed by atoms with Crippen molar-refractivity contribution in [3.63, 3.8) is 0 Å². The highest BCUT2D eigenvalue weighted by Crippen LogP contribution is 2.34. The van der Waals surface area contributed by atoms with Gasteiger partial charge in [-0.25, -0.2) is 9.18 Å². The third-order valence-electron chi connectivity index (χ3n) is 5.41. The second kappa shape index (κ2) is 12.2. The van der Waals surface area contributed by atoms with Crippen LogP contribution in [0.1, 0.15) is 26.3 Å². The Labute approximate surface area is 220 Å². The summed E-state index contributed by atoms with van der Waals surface area (Å²) in [6.45, 7) is 5.30. The molecule has 0 aliphatic carbocycles. The number of carbonyl (C=O) groups excluding carboxylic acids is 3. The quantitative estimate of drug-likeness (QED) is 0.536. The molecule has 200 valence electrons. The van der Waals surface area contributed by atoms with Crippen LogP contribution in [0.3, 0.4) is 0 Å². The van der Waals surface area contributed by atoms with Crippen LogP contribution in [0.15, 0.2) is 42.5 Å². The standard InChI is InChI=1S/C26H31ClFN3O6/c1-26(2,3)37-25(34)30-19(13-16-7-5-6-8-18(16)28)23(32)29-20-15-36-22-14-17(27)9-10-21(22)31(24(20)33)11-12-35-4/h5-10,14,19-20H,11-13,15H2,1-4H3,(H,29,32)(H,30,34)/t19-,20-/m1/s1. The zero-order chi connectivity index (χ0) is 27.2. The van der Waals surface area contributed by atoms with Gasteiger partial charge in [0.1, 0.15) is 35.9 Å². The molecule has 9 nitrogen and oxygen atoms in total. The van der Waals surface area contributed by atoms with Gasteiger partial charge in [0.05, 0.1) is 12.3 Å². The van der Waals surface area contributed by atoms with Gasteiger partial charge in [0.15, 0.2) is 0 Å². The average Bonchev–Trinajstić information content (AvgIpc) is 2.93. The molecule has 2 aromatic carbocycles. The highest BCUT2D eigenvalue weighted by molar-refractivity contribution is 6.30. The van der Waals surface area contributed by atoms with E-state index < -0.39 is 41.4 Å². The van der Waals surface area contributed by atoms with Gasteiger partial charge in [-0.2, -0.15) is 0 Å². The van der Waals surface area contributed by atoms with E-state index in [1.165, 1.54) is 30.2 Å². The van der Waals surface area contributed by atoms with Crippen molar-refractivity contribution < 1.29 is 33.0 Å². The van der Waals surface area contributed by atoms with E-state index >= 15 is 0 Å². The third-order valence-corrected chi connectivity index (χ3v) is 5.64. The van der Waals surface area contributed by atoms with E-state index in [1.54, 1.807) is 45.0 Å². The maximum absolute atomic E-state index is 14.4. The number of ether oxygens (including phenoxy) is 3. The van der Waals surface area contributed by atoms with Crippen LogP contribution >= 0.6 is 11.6 Å². The SMILES string of the molecule is COCCN1C(=O)[C@H](NC(=O)[C@@H](Cc2ccccc2F)NC(=O)OC(C)(C)C)COc2cc(Cl)ccc21. The number of rotatable bonds is 8. The lowest BCUT2D eigenvalue weighted by Crippen LogP contribution is -2.57. The van der Waals surface area contributed by atoms with E-state index in [0.29, 0.717) is 16.5 Å². The molecule has 2 aromatic rings. The smallest absolute Gasteiger partial charge is 0.408 e. The summed E-state index contributed by atoms with van der Waals surface area (Å²) in [5, 5.41) is 5.57.